The average molecular weight is 559 g/mol. The van der Waals surface area contributed by atoms with Crippen molar-refractivity contribution in [3.63, 3.8) is 0 Å². The number of benzene rings is 2. The molecule has 2 aromatic rings. The zero-order valence-electron chi connectivity index (χ0n) is 23.4. The lowest BCUT2D eigenvalue weighted by Gasteiger charge is -2.40. The zero-order valence-corrected chi connectivity index (χ0v) is 23.4. The number of carboxylic acids is 1. The first kappa shape index (κ1) is 31.4. The van der Waals surface area contributed by atoms with Gasteiger partial charge in [0.05, 0.1) is 12.1 Å². The third kappa shape index (κ3) is 8.93. The van der Waals surface area contributed by atoms with Crippen LogP contribution < -0.4 is 10.6 Å². The number of rotatable bonds is 12. The molecule has 40 heavy (non-hydrogen) atoms. The van der Waals surface area contributed by atoms with Crippen LogP contribution in [0.3, 0.4) is 0 Å². The molecule has 2 atom stereocenters. The van der Waals surface area contributed by atoms with E-state index in [0.717, 1.165) is 29.3 Å². The van der Waals surface area contributed by atoms with E-state index in [2.05, 4.69) is 43.5 Å². The monoisotopic (exact) mass is 558 g/mol. The molecule has 0 spiro atoms. The Hall–Kier alpha value is -3.17. The topological polar surface area (TPSA) is 116 Å². The molecule has 1 amide bonds. The van der Waals surface area contributed by atoms with Gasteiger partial charge < -0.3 is 20.8 Å². The van der Waals surface area contributed by atoms with Gasteiger partial charge >= 0.3 is 5.97 Å². The molecule has 1 unspecified atom stereocenters. The normalized spacial score (nSPS) is 16.8. The second-order valence-electron chi connectivity index (χ2n) is 11.8. The summed E-state index contributed by atoms with van der Waals surface area (Å²) in [6, 6.07) is 10.4. The predicted molar refractivity (Wildman–Crippen MR) is 148 cm³/mol. The molecule has 0 radical (unpaired) electrons. The molecule has 2 aromatic carbocycles. The second kappa shape index (κ2) is 13.5. The number of aliphatic hydroxyl groups is 1. The van der Waals surface area contributed by atoms with E-state index in [0.29, 0.717) is 25.7 Å². The summed E-state index contributed by atoms with van der Waals surface area (Å²) in [6.45, 7) is 6.42. The predicted octanol–water partition coefficient (Wildman–Crippen LogP) is 4.53. The van der Waals surface area contributed by atoms with E-state index in [4.69, 9.17) is 5.11 Å². The van der Waals surface area contributed by atoms with Crippen molar-refractivity contribution >= 4 is 17.7 Å². The minimum atomic E-state index is -1.14. The van der Waals surface area contributed by atoms with Crippen LogP contribution in [0.2, 0.25) is 0 Å². The van der Waals surface area contributed by atoms with Crippen molar-refractivity contribution in [3.8, 4) is 0 Å². The summed E-state index contributed by atoms with van der Waals surface area (Å²) >= 11 is 0. The van der Waals surface area contributed by atoms with Crippen molar-refractivity contribution in [2.75, 3.05) is 6.54 Å². The third-order valence-electron chi connectivity index (χ3n) is 7.58. The highest BCUT2D eigenvalue weighted by Crippen LogP contribution is 2.37. The summed E-state index contributed by atoms with van der Waals surface area (Å²) in [7, 11) is 0. The maximum atomic E-state index is 13.9. The van der Waals surface area contributed by atoms with Gasteiger partial charge in [-0.15, -0.1) is 0 Å². The van der Waals surface area contributed by atoms with Gasteiger partial charge in [-0.25, -0.2) is 8.78 Å². The molecule has 0 aromatic heterocycles. The third-order valence-corrected chi connectivity index (χ3v) is 7.58. The van der Waals surface area contributed by atoms with E-state index in [9.17, 15) is 28.3 Å². The SMILES string of the molecule is CC(C)(C)c1cccc(C2(NC[C@@H](O)C(Cc3cc(F)cc(F)c3)NC(=O)CCCC(=O)O)CCC(=O)CC2)c1. The Morgan fingerprint density at radius 1 is 1.02 bits per heavy atom. The van der Waals surface area contributed by atoms with E-state index in [1.165, 1.54) is 0 Å². The molecule has 0 aliphatic heterocycles. The number of amides is 1. The van der Waals surface area contributed by atoms with Gasteiger partial charge in [-0.2, -0.15) is 0 Å². The zero-order chi connectivity index (χ0) is 29.5. The smallest absolute Gasteiger partial charge is 0.303 e. The number of hydrogen-bond donors (Lipinski definition) is 4. The van der Waals surface area contributed by atoms with Crippen LogP contribution in [0, 0.1) is 11.6 Å². The number of carbonyl (C=O) groups is 3. The lowest BCUT2D eigenvalue weighted by Crippen LogP contribution is -2.53. The maximum absolute atomic E-state index is 13.9. The highest BCUT2D eigenvalue weighted by Gasteiger charge is 2.37. The summed E-state index contributed by atoms with van der Waals surface area (Å²) in [6.07, 6.45) is 0.601. The Morgan fingerprint density at radius 3 is 2.27 bits per heavy atom. The number of hydrogen-bond acceptors (Lipinski definition) is 5. The van der Waals surface area contributed by atoms with Gasteiger partial charge in [0.2, 0.25) is 5.91 Å². The quantitative estimate of drug-likeness (QED) is 0.304. The van der Waals surface area contributed by atoms with Crippen molar-refractivity contribution in [2.24, 2.45) is 0 Å². The van der Waals surface area contributed by atoms with Crippen LogP contribution in [-0.4, -0.2) is 46.6 Å². The van der Waals surface area contributed by atoms with Crippen molar-refractivity contribution < 1.29 is 33.4 Å². The van der Waals surface area contributed by atoms with Crippen LogP contribution in [0.15, 0.2) is 42.5 Å². The molecule has 0 saturated heterocycles. The first-order valence-electron chi connectivity index (χ1n) is 13.8. The van der Waals surface area contributed by atoms with Gasteiger partial charge in [-0.05, 0) is 59.9 Å². The molecular formula is C31H40F2N2O5. The van der Waals surface area contributed by atoms with Crippen LogP contribution in [0.5, 0.6) is 0 Å². The number of aliphatic hydroxyl groups excluding tert-OH is 1. The summed E-state index contributed by atoms with van der Waals surface area (Å²) < 4.78 is 27.8. The number of halogens is 2. The Balaban J connectivity index is 1.82. The highest BCUT2D eigenvalue weighted by atomic mass is 19.1. The number of carbonyl (C=O) groups excluding carboxylic acids is 2. The van der Waals surface area contributed by atoms with Crippen LogP contribution in [0.25, 0.3) is 0 Å². The van der Waals surface area contributed by atoms with Gasteiger partial charge in [-0.1, -0.05) is 45.0 Å². The van der Waals surface area contributed by atoms with E-state index in [-0.39, 0.29) is 49.0 Å². The molecule has 1 fully saturated rings. The molecule has 1 saturated carbocycles. The number of carboxylic acid groups (broad SMARTS) is 1. The first-order chi connectivity index (χ1) is 18.8. The Morgan fingerprint density at radius 2 is 1.68 bits per heavy atom. The first-order valence-corrected chi connectivity index (χ1v) is 13.8. The van der Waals surface area contributed by atoms with Crippen molar-refractivity contribution in [1.82, 2.24) is 10.6 Å². The highest BCUT2D eigenvalue weighted by molar-refractivity contribution is 5.79. The van der Waals surface area contributed by atoms with E-state index < -0.39 is 41.2 Å². The van der Waals surface area contributed by atoms with Crippen molar-refractivity contribution in [2.45, 2.75) is 95.2 Å². The van der Waals surface area contributed by atoms with Gasteiger partial charge in [0, 0.05) is 43.8 Å². The summed E-state index contributed by atoms with van der Waals surface area (Å²) in [5.41, 5.74) is 1.77. The summed E-state index contributed by atoms with van der Waals surface area (Å²) in [4.78, 5) is 35.6. The summed E-state index contributed by atoms with van der Waals surface area (Å²) in [5, 5.41) is 26.4. The standard InChI is InChI=1S/C31H40F2N2O5/c1-30(2,3)21-6-4-7-22(17-21)31(12-10-25(36)11-13-31)34-19-27(37)26(35-28(38)8-5-9-29(39)40)16-20-14-23(32)18-24(33)15-20/h4,6-7,14-15,17-18,26-27,34,37H,5,8-13,16,19H2,1-3H3,(H,35,38)(H,39,40)/t26?,27-/m1/s1. The molecule has 0 bridgehead atoms. The Kier molecular flexibility index (Phi) is 10.6. The molecule has 7 nitrogen and oxygen atoms in total. The lowest BCUT2D eigenvalue weighted by molar-refractivity contribution is -0.137. The number of nitrogens with one attached hydrogen (secondary N) is 2. The van der Waals surface area contributed by atoms with Crippen molar-refractivity contribution in [3.05, 3.63) is 70.8 Å². The second-order valence-corrected chi connectivity index (χ2v) is 11.8. The van der Waals surface area contributed by atoms with E-state index in [1.54, 1.807) is 0 Å². The molecular weight excluding hydrogens is 518 g/mol. The molecule has 4 N–H and O–H groups in total. The van der Waals surface area contributed by atoms with E-state index in [1.807, 2.05) is 12.1 Å². The summed E-state index contributed by atoms with van der Waals surface area (Å²) in [5.74, 6) is -2.82. The fraction of sp³-hybridized carbons (Fsp3) is 0.516. The molecule has 1 aliphatic carbocycles. The number of Topliss-reactive ketones (excluding diaryl/α,β-unsaturated/α-hetero) is 1. The van der Waals surface area contributed by atoms with Crippen molar-refractivity contribution in [1.29, 1.82) is 0 Å². The van der Waals surface area contributed by atoms with Gasteiger partial charge in [0.25, 0.3) is 0 Å². The van der Waals surface area contributed by atoms with Crippen LogP contribution in [0.1, 0.15) is 82.4 Å². The van der Waals surface area contributed by atoms with Gasteiger partial charge in [0.1, 0.15) is 17.4 Å². The molecule has 9 heteroatoms. The van der Waals surface area contributed by atoms with Crippen LogP contribution in [-0.2, 0) is 31.8 Å². The average Bonchev–Trinajstić information content (AvgIpc) is 2.87. The van der Waals surface area contributed by atoms with E-state index >= 15 is 0 Å². The van der Waals surface area contributed by atoms with Gasteiger partial charge in [0.15, 0.2) is 0 Å². The molecule has 1 aliphatic rings. The minimum absolute atomic E-state index is 0.0345. The van der Waals surface area contributed by atoms with Gasteiger partial charge in [-0.3, -0.25) is 14.4 Å². The Bertz CT molecular complexity index is 1180. The maximum Gasteiger partial charge on any atom is 0.303 e. The molecule has 0 heterocycles. The fourth-order valence-corrected chi connectivity index (χ4v) is 5.19. The van der Waals surface area contributed by atoms with Crippen LogP contribution in [0.4, 0.5) is 8.78 Å². The minimum Gasteiger partial charge on any atom is -0.481 e. The molecule has 3 rings (SSSR count). The number of aliphatic carboxylic acids is 1. The lowest BCUT2D eigenvalue weighted by atomic mass is 9.74. The van der Waals surface area contributed by atoms with Crippen LogP contribution >= 0.6 is 0 Å². The molecule has 218 valence electrons. The fourth-order valence-electron chi connectivity index (χ4n) is 5.19. The Labute approximate surface area is 234 Å². The largest absolute Gasteiger partial charge is 0.481 e. The number of ketones is 1.